The highest BCUT2D eigenvalue weighted by Crippen LogP contribution is 2.18. The van der Waals surface area contributed by atoms with Crippen molar-refractivity contribution in [3.8, 4) is 5.75 Å². The highest BCUT2D eigenvalue weighted by molar-refractivity contribution is 6.03. The van der Waals surface area contributed by atoms with Gasteiger partial charge in [0, 0.05) is 12.2 Å². The van der Waals surface area contributed by atoms with Gasteiger partial charge in [0.15, 0.2) is 0 Å². The molecule has 2 N–H and O–H groups in total. The minimum Gasteiger partial charge on any atom is -0.497 e. The SMILES string of the molecule is COc1ccc(CNC(=O)CC(=O)Nc2cccc(C)c2C)cc1. The Bertz CT molecular complexity index is 724. The Morgan fingerprint density at radius 1 is 1.00 bits per heavy atom. The zero-order chi connectivity index (χ0) is 17.5. The van der Waals surface area contributed by atoms with Crippen LogP contribution in [0.2, 0.25) is 0 Å². The fourth-order valence-electron chi connectivity index (χ4n) is 2.23. The molecule has 0 fully saturated rings. The normalized spacial score (nSPS) is 10.1. The van der Waals surface area contributed by atoms with Crippen molar-refractivity contribution in [2.24, 2.45) is 0 Å². The van der Waals surface area contributed by atoms with Gasteiger partial charge in [0.25, 0.3) is 0 Å². The molecule has 0 saturated carbocycles. The quantitative estimate of drug-likeness (QED) is 0.802. The molecule has 0 unspecified atom stereocenters. The standard InChI is InChI=1S/C19H22N2O3/c1-13-5-4-6-17(14(13)2)21-19(23)11-18(22)20-12-15-7-9-16(24-3)10-8-15/h4-10H,11-12H2,1-3H3,(H,20,22)(H,21,23). The van der Waals surface area contributed by atoms with E-state index in [1.54, 1.807) is 7.11 Å². The number of anilines is 1. The molecular formula is C19H22N2O3. The molecule has 24 heavy (non-hydrogen) atoms. The lowest BCUT2D eigenvalue weighted by Gasteiger charge is -2.10. The molecule has 2 rings (SSSR count). The minimum absolute atomic E-state index is 0.205. The first-order valence-corrected chi connectivity index (χ1v) is 7.75. The van der Waals surface area contributed by atoms with Crippen LogP contribution in [0.3, 0.4) is 0 Å². The molecule has 5 nitrogen and oxygen atoms in total. The average Bonchev–Trinajstić information content (AvgIpc) is 2.57. The first kappa shape index (κ1) is 17.5. The zero-order valence-electron chi connectivity index (χ0n) is 14.2. The highest BCUT2D eigenvalue weighted by atomic mass is 16.5. The van der Waals surface area contributed by atoms with E-state index in [1.165, 1.54) is 0 Å². The van der Waals surface area contributed by atoms with Crippen LogP contribution in [0.5, 0.6) is 5.75 Å². The lowest BCUT2D eigenvalue weighted by atomic mass is 10.1. The number of hydrogen-bond acceptors (Lipinski definition) is 3. The first-order chi connectivity index (χ1) is 11.5. The number of nitrogens with one attached hydrogen (secondary N) is 2. The summed E-state index contributed by atoms with van der Waals surface area (Å²) in [5.74, 6) is 0.127. The van der Waals surface area contributed by atoms with E-state index < -0.39 is 0 Å². The summed E-state index contributed by atoms with van der Waals surface area (Å²) in [5, 5.41) is 5.52. The number of carbonyl (C=O) groups excluding carboxylic acids is 2. The molecule has 0 aliphatic carbocycles. The molecule has 0 aliphatic rings. The molecule has 5 heteroatoms. The maximum atomic E-state index is 12.0. The van der Waals surface area contributed by atoms with Crippen molar-refractivity contribution in [2.45, 2.75) is 26.8 Å². The van der Waals surface area contributed by atoms with Crippen LogP contribution in [0, 0.1) is 13.8 Å². The van der Waals surface area contributed by atoms with Gasteiger partial charge in [-0.15, -0.1) is 0 Å². The molecule has 2 aromatic carbocycles. The Kier molecular flexibility index (Phi) is 5.95. The van der Waals surface area contributed by atoms with Crippen LogP contribution in [-0.2, 0) is 16.1 Å². The first-order valence-electron chi connectivity index (χ1n) is 7.75. The summed E-state index contributed by atoms with van der Waals surface area (Å²) < 4.78 is 5.08. The van der Waals surface area contributed by atoms with Crippen molar-refractivity contribution in [1.82, 2.24) is 5.32 Å². The number of rotatable bonds is 6. The van der Waals surface area contributed by atoms with Crippen LogP contribution < -0.4 is 15.4 Å². The van der Waals surface area contributed by atoms with Crippen molar-refractivity contribution < 1.29 is 14.3 Å². The molecule has 126 valence electrons. The van der Waals surface area contributed by atoms with Gasteiger partial charge in [0.05, 0.1) is 7.11 Å². The maximum Gasteiger partial charge on any atom is 0.233 e. The van der Waals surface area contributed by atoms with E-state index in [1.807, 2.05) is 56.3 Å². The zero-order valence-corrected chi connectivity index (χ0v) is 14.2. The molecule has 2 amide bonds. The number of carbonyl (C=O) groups is 2. The van der Waals surface area contributed by atoms with E-state index >= 15 is 0 Å². The second kappa shape index (κ2) is 8.15. The summed E-state index contributed by atoms with van der Waals surface area (Å²) >= 11 is 0. The second-order valence-electron chi connectivity index (χ2n) is 5.60. The van der Waals surface area contributed by atoms with Crippen LogP contribution >= 0.6 is 0 Å². The predicted molar refractivity (Wildman–Crippen MR) is 94.0 cm³/mol. The third-order valence-electron chi connectivity index (χ3n) is 3.85. The summed E-state index contributed by atoms with van der Waals surface area (Å²) in [6.07, 6.45) is -0.205. The van der Waals surface area contributed by atoms with Crippen LogP contribution in [0.15, 0.2) is 42.5 Å². The summed E-state index contributed by atoms with van der Waals surface area (Å²) in [7, 11) is 1.60. The van der Waals surface area contributed by atoms with Gasteiger partial charge in [-0.2, -0.15) is 0 Å². The molecule has 0 atom stereocenters. The molecule has 2 aromatic rings. The molecule has 0 saturated heterocycles. The number of aryl methyl sites for hydroxylation is 1. The van der Waals surface area contributed by atoms with Gasteiger partial charge in [0.1, 0.15) is 12.2 Å². The Balaban J connectivity index is 1.83. The monoisotopic (exact) mass is 326 g/mol. The Hall–Kier alpha value is -2.82. The fraction of sp³-hybridized carbons (Fsp3) is 0.263. The van der Waals surface area contributed by atoms with Crippen molar-refractivity contribution in [3.63, 3.8) is 0 Å². The summed E-state index contributed by atoms with van der Waals surface area (Å²) in [4.78, 5) is 23.9. The Morgan fingerprint density at radius 3 is 2.38 bits per heavy atom. The summed E-state index contributed by atoms with van der Waals surface area (Å²) in [5.41, 5.74) is 3.78. The van der Waals surface area contributed by atoms with Crippen molar-refractivity contribution in [1.29, 1.82) is 0 Å². The Labute approximate surface area is 142 Å². The number of methoxy groups -OCH3 is 1. The minimum atomic E-state index is -0.323. The maximum absolute atomic E-state index is 12.0. The van der Waals surface area contributed by atoms with Crippen molar-refractivity contribution in [3.05, 3.63) is 59.2 Å². The third-order valence-corrected chi connectivity index (χ3v) is 3.85. The number of ether oxygens (including phenoxy) is 1. The van der Waals surface area contributed by atoms with Gasteiger partial charge in [-0.3, -0.25) is 9.59 Å². The second-order valence-corrected chi connectivity index (χ2v) is 5.60. The van der Waals surface area contributed by atoms with Crippen LogP contribution in [-0.4, -0.2) is 18.9 Å². The smallest absolute Gasteiger partial charge is 0.233 e. The number of hydrogen-bond donors (Lipinski definition) is 2. The molecule has 0 heterocycles. The third kappa shape index (κ3) is 4.84. The van der Waals surface area contributed by atoms with Gasteiger partial charge < -0.3 is 15.4 Å². The average molecular weight is 326 g/mol. The molecule has 0 spiro atoms. The predicted octanol–water partition coefficient (Wildman–Crippen LogP) is 2.96. The van der Waals surface area contributed by atoms with Gasteiger partial charge in [-0.1, -0.05) is 24.3 Å². The Morgan fingerprint density at radius 2 is 1.71 bits per heavy atom. The fourth-order valence-corrected chi connectivity index (χ4v) is 2.23. The summed E-state index contributed by atoms with van der Waals surface area (Å²) in [6.45, 7) is 4.29. The van der Waals surface area contributed by atoms with Gasteiger partial charge in [-0.05, 0) is 48.7 Å². The van der Waals surface area contributed by atoms with Crippen LogP contribution in [0.4, 0.5) is 5.69 Å². The molecular weight excluding hydrogens is 304 g/mol. The molecule has 0 aromatic heterocycles. The van der Waals surface area contributed by atoms with Gasteiger partial charge in [-0.25, -0.2) is 0 Å². The molecule has 0 bridgehead atoms. The molecule has 0 radical (unpaired) electrons. The number of benzene rings is 2. The van der Waals surface area contributed by atoms with Gasteiger partial charge in [0.2, 0.25) is 11.8 Å². The summed E-state index contributed by atoms with van der Waals surface area (Å²) in [6, 6.07) is 13.1. The van der Waals surface area contributed by atoms with Crippen molar-refractivity contribution >= 4 is 17.5 Å². The lowest BCUT2D eigenvalue weighted by molar-refractivity contribution is -0.126. The van der Waals surface area contributed by atoms with E-state index in [9.17, 15) is 9.59 Å². The largest absolute Gasteiger partial charge is 0.497 e. The number of amides is 2. The lowest BCUT2D eigenvalue weighted by Crippen LogP contribution is -2.27. The van der Waals surface area contributed by atoms with E-state index in [4.69, 9.17) is 4.74 Å². The van der Waals surface area contributed by atoms with Crippen LogP contribution in [0.1, 0.15) is 23.1 Å². The van der Waals surface area contributed by atoms with Crippen LogP contribution in [0.25, 0.3) is 0 Å². The topological polar surface area (TPSA) is 67.4 Å². The van der Waals surface area contributed by atoms with Crippen molar-refractivity contribution in [2.75, 3.05) is 12.4 Å². The molecule has 0 aliphatic heterocycles. The van der Waals surface area contributed by atoms with E-state index in [-0.39, 0.29) is 18.2 Å². The van der Waals surface area contributed by atoms with Gasteiger partial charge >= 0.3 is 0 Å². The van der Waals surface area contributed by atoms with E-state index in [0.717, 1.165) is 28.1 Å². The highest BCUT2D eigenvalue weighted by Gasteiger charge is 2.11. The van der Waals surface area contributed by atoms with E-state index in [2.05, 4.69) is 10.6 Å². The van der Waals surface area contributed by atoms with E-state index in [0.29, 0.717) is 6.54 Å².